The lowest BCUT2D eigenvalue weighted by Gasteiger charge is -2.12. The highest BCUT2D eigenvalue weighted by molar-refractivity contribution is 6.33. The van der Waals surface area contributed by atoms with Crippen LogP contribution in [-0.4, -0.2) is 13.2 Å². The summed E-state index contributed by atoms with van der Waals surface area (Å²) in [7, 11) is 0. The van der Waals surface area contributed by atoms with Crippen LogP contribution in [0.5, 0.6) is 0 Å². The average Bonchev–Trinajstić information content (AvgIpc) is 4.02. The molecule has 0 saturated carbocycles. The van der Waals surface area contributed by atoms with E-state index in [0.29, 0.717) is 0 Å². The Balaban J connectivity index is 1.29. The minimum Gasteiger partial charge on any atom is -0.308 e. The molecule has 0 aliphatic heterocycles. The van der Waals surface area contributed by atoms with Gasteiger partial charge in [-0.3, -0.25) is 0 Å². The molecule has 0 spiro atoms. The Labute approximate surface area is 289 Å². The van der Waals surface area contributed by atoms with Crippen molar-refractivity contribution in [2.24, 2.45) is 0 Å². The van der Waals surface area contributed by atoms with E-state index in [1.54, 1.807) is 0 Å². The zero-order chi connectivity index (χ0) is 32.7. The minimum absolute atomic E-state index is 1.23. The molecular weight excluding hydrogens is 619 g/mol. The van der Waals surface area contributed by atoms with Gasteiger partial charge in [-0.05, 0) is 35.9 Å². The lowest BCUT2D eigenvalue weighted by molar-refractivity contribution is 1.34. The maximum atomic E-state index is 2.57. The van der Waals surface area contributed by atoms with Gasteiger partial charge in [0.15, 0.2) is 0 Å². The second-order valence-corrected chi connectivity index (χ2v) is 14.4. The summed E-state index contributed by atoms with van der Waals surface area (Å²) < 4.78 is 7.66. The molecule has 0 atom stereocenters. The number of hydrogen-bond acceptors (Lipinski definition) is 0. The minimum atomic E-state index is 1.23. The van der Waals surface area contributed by atoms with E-state index in [9.17, 15) is 0 Å². The van der Waals surface area contributed by atoms with Crippen molar-refractivity contribution in [3.63, 3.8) is 0 Å². The summed E-state index contributed by atoms with van der Waals surface area (Å²) in [5.41, 5.74) is 14.0. The van der Waals surface area contributed by atoms with Crippen molar-refractivity contribution >= 4 is 114 Å². The molecule has 51 heavy (non-hydrogen) atoms. The van der Waals surface area contributed by atoms with Crippen molar-refractivity contribution in [1.29, 1.82) is 0 Å². The van der Waals surface area contributed by atoms with Crippen molar-refractivity contribution in [1.82, 2.24) is 13.2 Å². The largest absolute Gasteiger partial charge is 0.308 e. The van der Waals surface area contributed by atoms with Crippen LogP contribution >= 0.6 is 0 Å². The summed E-state index contributed by atoms with van der Waals surface area (Å²) in [4.78, 5) is 0. The Kier molecular flexibility index (Phi) is 4.10. The zero-order valence-electron chi connectivity index (χ0n) is 27.3. The molecule has 8 aromatic carbocycles. The summed E-state index contributed by atoms with van der Waals surface area (Å²) in [5, 5.41) is 15.7. The van der Waals surface area contributed by atoms with Gasteiger partial charge >= 0.3 is 0 Å². The second-order valence-electron chi connectivity index (χ2n) is 14.4. The van der Waals surface area contributed by atoms with Crippen LogP contribution in [0.2, 0.25) is 0 Å². The van der Waals surface area contributed by atoms with Crippen LogP contribution in [0.25, 0.3) is 125 Å². The van der Waals surface area contributed by atoms with Crippen LogP contribution in [0.4, 0.5) is 0 Å². The van der Waals surface area contributed by atoms with Crippen LogP contribution < -0.4 is 0 Å². The van der Waals surface area contributed by atoms with Crippen LogP contribution in [0.3, 0.4) is 0 Å². The molecule has 0 amide bonds. The summed E-state index contributed by atoms with van der Waals surface area (Å²) in [5.74, 6) is 0. The Morgan fingerprint density at radius 3 is 1.10 bits per heavy atom. The highest BCUT2D eigenvalue weighted by atomic mass is 15.0. The van der Waals surface area contributed by atoms with Crippen LogP contribution in [0.15, 0.2) is 152 Å². The second kappa shape index (κ2) is 8.30. The van der Waals surface area contributed by atoms with Crippen molar-refractivity contribution < 1.29 is 0 Å². The Morgan fingerprint density at radius 2 is 0.608 bits per heavy atom. The first-order valence-corrected chi connectivity index (χ1v) is 17.8. The monoisotopic (exact) mass is 643 g/mol. The summed E-state index contributed by atoms with van der Waals surface area (Å²) in [6.45, 7) is 0. The average molecular weight is 644 g/mol. The van der Waals surface area contributed by atoms with E-state index < -0.39 is 0 Å². The van der Waals surface area contributed by atoms with Crippen LogP contribution in [0, 0.1) is 0 Å². The molecule has 14 rings (SSSR count). The molecule has 232 valence electrons. The third-order valence-corrected chi connectivity index (χ3v) is 12.2. The number of nitrogens with zero attached hydrogens (tertiary/aromatic N) is 3. The molecule has 3 heteroatoms. The molecule has 0 aliphatic carbocycles. The number of rotatable bonds is 1. The van der Waals surface area contributed by atoms with Gasteiger partial charge in [-0.25, -0.2) is 0 Å². The first-order valence-electron chi connectivity index (χ1n) is 17.8. The highest BCUT2D eigenvalue weighted by Gasteiger charge is 2.27. The normalized spacial score (nSPS) is 13.1. The third kappa shape index (κ3) is 2.68. The number of benzene rings is 8. The first kappa shape index (κ1) is 25.2. The van der Waals surface area contributed by atoms with Gasteiger partial charge in [-0.15, -0.1) is 0 Å². The maximum absolute atomic E-state index is 2.57. The smallest absolute Gasteiger partial charge is 0.0641 e. The molecule has 0 aliphatic rings. The molecule has 0 saturated heterocycles. The standard InChI is InChI=1S/C48H25N3/c1-4-19-39-27(10-1)31-13-7-16-34-30-23-22-26(24-42(30)49(39)44(31)34)43-47-37(35-17-8-14-32-28-11-2-5-20-40(28)50(47)45(32)35)25-38-36-18-9-15-33-29-12-3-6-21-41(29)51(46(33)36)48(38)43/h1-25H. The molecule has 0 bridgehead atoms. The molecule has 0 fully saturated rings. The molecule has 14 aromatic rings. The molecule has 0 N–H and O–H groups in total. The van der Waals surface area contributed by atoms with Gasteiger partial charge in [0.05, 0.1) is 49.7 Å². The summed E-state index contributed by atoms with van der Waals surface area (Å²) >= 11 is 0. The van der Waals surface area contributed by atoms with E-state index >= 15 is 0 Å². The van der Waals surface area contributed by atoms with Crippen molar-refractivity contribution in [3.8, 4) is 11.1 Å². The zero-order valence-corrected chi connectivity index (χ0v) is 27.3. The van der Waals surface area contributed by atoms with Crippen molar-refractivity contribution in [2.75, 3.05) is 0 Å². The van der Waals surface area contributed by atoms with Gasteiger partial charge in [-0.2, -0.15) is 0 Å². The Hall–Kier alpha value is -6.84. The van der Waals surface area contributed by atoms with Crippen LogP contribution in [0.1, 0.15) is 0 Å². The SMILES string of the molecule is c1ccc2c(c1)c1cccc3c4ccc(-c5c6c(cc7c8cccc9c%10ccccc%10n(c57)c98)c5cccc7c8ccccc8n6c75)cc4n2c13. The van der Waals surface area contributed by atoms with E-state index in [0.717, 1.165) is 0 Å². The van der Waals surface area contributed by atoms with E-state index in [4.69, 9.17) is 0 Å². The number of hydrogen-bond donors (Lipinski definition) is 0. The number of aromatic nitrogens is 3. The van der Waals surface area contributed by atoms with Crippen molar-refractivity contribution in [3.05, 3.63) is 152 Å². The summed E-state index contributed by atoms with van der Waals surface area (Å²) in [6, 6.07) is 57.0. The molecular formula is C48H25N3. The molecule has 3 nitrogen and oxygen atoms in total. The predicted octanol–water partition coefficient (Wildman–Crippen LogP) is 12.8. The van der Waals surface area contributed by atoms with Crippen LogP contribution in [-0.2, 0) is 0 Å². The fraction of sp³-hybridized carbons (Fsp3) is 0. The van der Waals surface area contributed by atoms with E-state index in [2.05, 4.69) is 165 Å². The number of fused-ring (bicyclic) bond motifs is 18. The predicted molar refractivity (Wildman–Crippen MR) is 216 cm³/mol. The van der Waals surface area contributed by atoms with E-state index in [-0.39, 0.29) is 0 Å². The first-order chi connectivity index (χ1) is 25.3. The molecule has 6 aromatic heterocycles. The Bertz CT molecular complexity index is 3660. The molecule has 6 heterocycles. The summed E-state index contributed by atoms with van der Waals surface area (Å²) in [6.07, 6.45) is 0. The van der Waals surface area contributed by atoms with Gasteiger partial charge in [0, 0.05) is 70.2 Å². The molecule has 0 unspecified atom stereocenters. The van der Waals surface area contributed by atoms with Gasteiger partial charge < -0.3 is 13.2 Å². The number of para-hydroxylation sites is 6. The van der Waals surface area contributed by atoms with Gasteiger partial charge in [0.2, 0.25) is 0 Å². The Morgan fingerprint density at radius 1 is 0.235 bits per heavy atom. The van der Waals surface area contributed by atoms with Crippen molar-refractivity contribution in [2.45, 2.75) is 0 Å². The topological polar surface area (TPSA) is 13.2 Å². The molecule has 0 radical (unpaired) electrons. The van der Waals surface area contributed by atoms with E-state index in [1.807, 2.05) is 0 Å². The quantitative estimate of drug-likeness (QED) is 0.169. The highest BCUT2D eigenvalue weighted by Crippen LogP contribution is 2.50. The maximum Gasteiger partial charge on any atom is 0.0641 e. The van der Waals surface area contributed by atoms with Gasteiger partial charge in [-0.1, -0.05) is 121 Å². The van der Waals surface area contributed by atoms with Gasteiger partial charge in [0.25, 0.3) is 0 Å². The lowest BCUT2D eigenvalue weighted by Crippen LogP contribution is -1.92. The third-order valence-electron chi connectivity index (χ3n) is 12.2. The fourth-order valence-electron chi connectivity index (χ4n) is 10.3. The van der Waals surface area contributed by atoms with E-state index in [1.165, 1.54) is 125 Å². The fourth-order valence-corrected chi connectivity index (χ4v) is 10.3. The lowest BCUT2D eigenvalue weighted by atomic mass is 9.96. The van der Waals surface area contributed by atoms with Gasteiger partial charge in [0.1, 0.15) is 0 Å².